The van der Waals surface area contributed by atoms with Crippen molar-refractivity contribution in [2.45, 2.75) is 44.8 Å². The number of nitrogens with zero attached hydrogens (tertiary/aromatic N) is 3. The molecule has 1 aromatic carbocycles. The SMILES string of the molecule is CC(=O)N1CCC2(CC1)Oc1ccccc1-c1ncn(CC3CC3)c12. The number of hydrogen-bond acceptors (Lipinski definition) is 3. The van der Waals surface area contributed by atoms with Crippen LogP contribution in [0.3, 0.4) is 0 Å². The molecule has 1 amide bonds. The second-order valence-electron chi connectivity index (χ2n) is 7.64. The quantitative estimate of drug-likeness (QED) is 0.845. The minimum absolute atomic E-state index is 0.151. The normalized spacial score (nSPS) is 20.8. The molecule has 3 heterocycles. The van der Waals surface area contributed by atoms with Gasteiger partial charge in [0.05, 0.1) is 17.7 Å². The Bertz CT molecular complexity index is 829. The molecule has 1 saturated heterocycles. The molecule has 130 valence electrons. The Morgan fingerprint density at radius 1 is 1.28 bits per heavy atom. The van der Waals surface area contributed by atoms with Gasteiger partial charge in [-0.1, -0.05) is 12.1 Å². The Morgan fingerprint density at radius 3 is 2.76 bits per heavy atom. The Kier molecular flexibility index (Phi) is 3.21. The van der Waals surface area contributed by atoms with Gasteiger partial charge < -0.3 is 14.2 Å². The molecular formula is C20H23N3O2. The van der Waals surface area contributed by atoms with Gasteiger partial charge in [0.15, 0.2) is 5.60 Å². The molecule has 0 unspecified atom stereocenters. The number of benzene rings is 1. The van der Waals surface area contributed by atoms with E-state index in [4.69, 9.17) is 9.72 Å². The summed E-state index contributed by atoms with van der Waals surface area (Å²) in [6.07, 6.45) is 6.27. The molecule has 1 saturated carbocycles. The summed E-state index contributed by atoms with van der Waals surface area (Å²) in [7, 11) is 0. The lowest BCUT2D eigenvalue weighted by atomic mass is 9.83. The summed E-state index contributed by atoms with van der Waals surface area (Å²) in [4.78, 5) is 18.5. The smallest absolute Gasteiger partial charge is 0.219 e. The molecular weight excluding hydrogens is 314 g/mol. The van der Waals surface area contributed by atoms with Gasteiger partial charge in [0.2, 0.25) is 5.91 Å². The largest absolute Gasteiger partial charge is 0.480 e. The molecule has 0 radical (unpaired) electrons. The number of carbonyl (C=O) groups is 1. The van der Waals surface area contributed by atoms with Crippen LogP contribution in [0.25, 0.3) is 11.3 Å². The molecule has 2 aliphatic heterocycles. The van der Waals surface area contributed by atoms with Gasteiger partial charge in [0.25, 0.3) is 0 Å². The van der Waals surface area contributed by atoms with Gasteiger partial charge >= 0.3 is 0 Å². The van der Waals surface area contributed by atoms with Crippen molar-refractivity contribution < 1.29 is 9.53 Å². The van der Waals surface area contributed by atoms with Crippen molar-refractivity contribution in [1.82, 2.24) is 14.5 Å². The fourth-order valence-corrected chi connectivity index (χ4v) is 4.31. The third-order valence-electron chi connectivity index (χ3n) is 5.89. The van der Waals surface area contributed by atoms with Gasteiger partial charge in [0.1, 0.15) is 5.75 Å². The molecule has 2 fully saturated rings. The summed E-state index contributed by atoms with van der Waals surface area (Å²) < 4.78 is 8.94. The number of carbonyl (C=O) groups excluding carboxylic acids is 1. The Morgan fingerprint density at radius 2 is 2.04 bits per heavy atom. The number of hydrogen-bond donors (Lipinski definition) is 0. The van der Waals surface area contributed by atoms with Gasteiger partial charge in [-0.25, -0.2) is 4.98 Å². The monoisotopic (exact) mass is 337 g/mol. The average Bonchev–Trinajstić information content (AvgIpc) is 3.32. The van der Waals surface area contributed by atoms with Crippen molar-refractivity contribution in [2.24, 2.45) is 5.92 Å². The van der Waals surface area contributed by atoms with Gasteiger partial charge in [-0.3, -0.25) is 4.79 Å². The highest BCUT2D eigenvalue weighted by Gasteiger charge is 2.47. The Labute approximate surface area is 147 Å². The molecule has 3 aliphatic rings. The van der Waals surface area contributed by atoms with Gasteiger partial charge in [-0.05, 0) is 30.9 Å². The summed E-state index contributed by atoms with van der Waals surface area (Å²) in [5, 5.41) is 0. The molecule has 5 nitrogen and oxygen atoms in total. The lowest BCUT2D eigenvalue weighted by molar-refractivity contribution is -0.132. The van der Waals surface area contributed by atoms with E-state index in [9.17, 15) is 4.79 Å². The number of ether oxygens (including phenoxy) is 1. The van der Waals surface area contributed by atoms with Crippen molar-refractivity contribution in [3.8, 4) is 17.0 Å². The minimum atomic E-state index is -0.360. The molecule has 5 heteroatoms. The van der Waals surface area contributed by atoms with E-state index in [1.54, 1.807) is 6.92 Å². The number of imidazole rings is 1. The predicted molar refractivity (Wildman–Crippen MR) is 94.2 cm³/mol. The maximum atomic E-state index is 11.8. The number of likely N-dealkylation sites (tertiary alicyclic amines) is 1. The molecule has 0 N–H and O–H groups in total. The molecule has 2 aromatic rings. The number of rotatable bonds is 2. The van der Waals surface area contributed by atoms with Crippen LogP contribution in [-0.2, 0) is 16.9 Å². The minimum Gasteiger partial charge on any atom is -0.480 e. The van der Waals surface area contributed by atoms with E-state index in [0.717, 1.165) is 55.4 Å². The van der Waals surface area contributed by atoms with Crippen molar-refractivity contribution in [2.75, 3.05) is 13.1 Å². The maximum absolute atomic E-state index is 11.8. The third kappa shape index (κ3) is 2.36. The summed E-state index contributed by atoms with van der Waals surface area (Å²) in [5.41, 5.74) is 3.02. The van der Waals surface area contributed by atoms with E-state index in [2.05, 4.69) is 10.6 Å². The van der Waals surface area contributed by atoms with Crippen LogP contribution >= 0.6 is 0 Å². The molecule has 1 aromatic heterocycles. The average molecular weight is 337 g/mol. The van der Waals surface area contributed by atoms with Gasteiger partial charge in [-0.15, -0.1) is 0 Å². The van der Waals surface area contributed by atoms with Gasteiger partial charge in [0, 0.05) is 45.0 Å². The summed E-state index contributed by atoms with van der Waals surface area (Å²) >= 11 is 0. The Balaban J connectivity index is 1.59. The van der Waals surface area contributed by atoms with E-state index in [-0.39, 0.29) is 11.5 Å². The number of piperidine rings is 1. The van der Waals surface area contributed by atoms with E-state index in [1.165, 1.54) is 18.5 Å². The predicted octanol–water partition coefficient (Wildman–Crippen LogP) is 3.19. The summed E-state index contributed by atoms with van der Waals surface area (Å²) in [6, 6.07) is 8.20. The second-order valence-corrected chi connectivity index (χ2v) is 7.64. The molecule has 5 rings (SSSR count). The summed E-state index contributed by atoms with van der Waals surface area (Å²) in [5.74, 6) is 1.85. The number of para-hydroxylation sites is 1. The van der Waals surface area contributed by atoms with E-state index >= 15 is 0 Å². The lowest BCUT2D eigenvalue weighted by Gasteiger charge is -2.44. The number of fused-ring (bicyclic) bond motifs is 4. The molecule has 0 atom stereocenters. The van der Waals surface area contributed by atoms with Crippen molar-refractivity contribution in [3.63, 3.8) is 0 Å². The molecule has 1 aliphatic carbocycles. The van der Waals surface area contributed by atoms with Crippen LogP contribution in [0.1, 0.15) is 38.3 Å². The van der Waals surface area contributed by atoms with Crippen LogP contribution in [0.4, 0.5) is 0 Å². The topological polar surface area (TPSA) is 47.4 Å². The number of amides is 1. The van der Waals surface area contributed by atoms with Crippen molar-refractivity contribution >= 4 is 5.91 Å². The lowest BCUT2D eigenvalue weighted by Crippen LogP contribution is -2.49. The molecule has 25 heavy (non-hydrogen) atoms. The summed E-state index contributed by atoms with van der Waals surface area (Å²) in [6.45, 7) is 4.17. The van der Waals surface area contributed by atoms with E-state index in [0.29, 0.717) is 0 Å². The highest BCUT2D eigenvalue weighted by atomic mass is 16.5. The van der Waals surface area contributed by atoms with Crippen LogP contribution in [0.5, 0.6) is 5.75 Å². The van der Waals surface area contributed by atoms with Crippen LogP contribution in [-0.4, -0.2) is 33.4 Å². The molecule has 1 spiro atoms. The van der Waals surface area contributed by atoms with Crippen molar-refractivity contribution in [1.29, 1.82) is 0 Å². The van der Waals surface area contributed by atoms with Gasteiger partial charge in [-0.2, -0.15) is 0 Å². The maximum Gasteiger partial charge on any atom is 0.219 e. The zero-order valence-corrected chi connectivity index (χ0v) is 14.6. The van der Waals surface area contributed by atoms with Crippen molar-refractivity contribution in [3.05, 3.63) is 36.3 Å². The first-order chi connectivity index (χ1) is 12.2. The van der Waals surface area contributed by atoms with Crippen LogP contribution in [0.2, 0.25) is 0 Å². The third-order valence-corrected chi connectivity index (χ3v) is 5.89. The van der Waals surface area contributed by atoms with E-state index < -0.39 is 0 Å². The first-order valence-corrected chi connectivity index (χ1v) is 9.26. The second kappa shape index (κ2) is 5.35. The van der Waals surface area contributed by atoms with E-state index in [1.807, 2.05) is 29.4 Å². The highest BCUT2D eigenvalue weighted by molar-refractivity contribution is 5.74. The fourth-order valence-electron chi connectivity index (χ4n) is 4.31. The zero-order chi connectivity index (χ0) is 17.0. The van der Waals surface area contributed by atoms with Crippen LogP contribution < -0.4 is 4.74 Å². The fraction of sp³-hybridized carbons (Fsp3) is 0.500. The number of aromatic nitrogens is 2. The highest BCUT2D eigenvalue weighted by Crippen LogP contribution is 2.49. The van der Waals surface area contributed by atoms with Crippen LogP contribution in [0, 0.1) is 5.92 Å². The molecule has 0 bridgehead atoms. The first-order valence-electron chi connectivity index (χ1n) is 9.26. The Hall–Kier alpha value is -2.30. The first kappa shape index (κ1) is 15.0. The van der Waals surface area contributed by atoms with Crippen LogP contribution in [0.15, 0.2) is 30.6 Å². The standard InChI is InChI=1S/C20H23N3O2/c1-14(24)22-10-8-20(9-11-22)19-18(16-4-2-3-5-17(16)25-20)21-13-23(19)12-15-6-7-15/h2-5,13,15H,6-12H2,1H3. The zero-order valence-electron chi connectivity index (χ0n) is 14.6.